The van der Waals surface area contributed by atoms with Crippen LogP contribution in [-0.4, -0.2) is 6.04 Å². The Balaban J connectivity index is 2.08. The SMILES string of the molecule is Cc1ccc(Br)cc1NC1CCC(C)(C)CC1C. The van der Waals surface area contributed by atoms with Crippen LogP contribution < -0.4 is 5.32 Å². The standard InChI is InChI=1S/C16H24BrN/c1-11-5-6-13(17)9-15(11)18-14-7-8-16(3,4)10-12(14)2/h5-6,9,12,14,18H,7-8,10H2,1-4H3. The molecule has 1 nitrogen and oxygen atoms in total. The molecule has 1 fully saturated rings. The van der Waals surface area contributed by atoms with Crippen molar-refractivity contribution < 1.29 is 0 Å². The molecule has 0 radical (unpaired) electrons. The monoisotopic (exact) mass is 309 g/mol. The predicted molar refractivity (Wildman–Crippen MR) is 83.1 cm³/mol. The first-order chi connectivity index (χ1) is 8.37. The fraction of sp³-hybridized carbons (Fsp3) is 0.625. The molecule has 1 aliphatic rings. The van der Waals surface area contributed by atoms with Gasteiger partial charge >= 0.3 is 0 Å². The molecule has 0 aromatic heterocycles. The number of hydrogen-bond acceptors (Lipinski definition) is 1. The predicted octanol–water partition coefficient (Wildman–Crippen LogP) is 5.38. The molecule has 0 spiro atoms. The van der Waals surface area contributed by atoms with E-state index < -0.39 is 0 Å². The second kappa shape index (κ2) is 5.24. The fourth-order valence-corrected chi connectivity index (χ4v) is 3.47. The van der Waals surface area contributed by atoms with Gasteiger partial charge in [0.05, 0.1) is 0 Å². The average Bonchev–Trinajstić information content (AvgIpc) is 2.26. The van der Waals surface area contributed by atoms with Crippen molar-refractivity contribution >= 4 is 21.6 Å². The van der Waals surface area contributed by atoms with Gasteiger partial charge in [-0.2, -0.15) is 0 Å². The molecule has 18 heavy (non-hydrogen) atoms. The van der Waals surface area contributed by atoms with Crippen molar-refractivity contribution in [3.05, 3.63) is 28.2 Å². The zero-order valence-corrected chi connectivity index (χ0v) is 13.5. The lowest BCUT2D eigenvalue weighted by molar-refractivity contribution is 0.177. The molecule has 2 atom stereocenters. The first kappa shape index (κ1) is 13.9. The van der Waals surface area contributed by atoms with Crippen molar-refractivity contribution in [2.45, 2.75) is 53.0 Å². The minimum Gasteiger partial charge on any atom is -0.382 e. The number of aryl methyl sites for hydroxylation is 1. The van der Waals surface area contributed by atoms with Gasteiger partial charge in [-0.15, -0.1) is 0 Å². The van der Waals surface area contributed by atoms with E-state index in [-0.39, 0.29) is 0 Å². The Morgan fingerprint density at radius 1 is 1.33 bits per heavy atom. The van der Waals surface area contributed by atoms with Crippen LogP contribution in [0.3, 0.4) is 0 Å². The molecule has 2 rings (SSSR count). The zero-order chi connectivity index (χ0) is 13.3. The Bertz CT molecular complexity index is 425. The van der Waals surface area contributed by atoms with Crippen LogP contribution in [0.5, 0.6) is 0 Å². The summed E-state index contributed by atoms with van der Waals surface area (Å²) in [6.07, 6.45) is 3.92. The largest absolute Gasteiger partial charge is 0.382 e. The van der Waals surface area contributed by atoms with Crippen LogP contribution in [0.15, 0.2) is 22.7 Å². The zero-order valence-electron chi connectivity index (χ0n) is 11.9. The van der Waals surface area contributed by atoms with E-state index in [0.29, 0.717) is 11.5 Å². The van der Waals surface area contributed by atoms with Crippen LogP contribution in [-0.2, 0) is 0 Å². The highest BCUT2D eigenvalue weighted by Crippen LogP contribution is 2.39. The quantitative estimate of drug-likeness (QED) is 0.773. The second-order valence-electron chi connectivity index (χ2n) is 6.59. The van der Waals surface area contributed by atoms with E-state index >= 15 is 0 Å². The van der Waals surface area contributed by atoms with Gasteiger partial charge in [0.2, 0.25) is 0 Å². The molecule has 0 saturated heterocycles. The van der Waals surface area contributed by atoms with Crippen molar-refractivity contribution in [3.8, 4) is 0 Å². The van der Waals surface area contributed by atoms with Gasteiger partial charge in [-0.3, -0.25) is 0 Å². The number of anilines is 1. The van der Waals surface area contributed by atoms with Crippen molar-refractivity contribution in [2.24, 2.45) is 11.3 Å². The Morgan fingerprint density at radius 3 is 2.72 bits per heavy atom. The lowest BCUT2D eigenvalue weighted by Gasteiger charge is -2.40. The van der Waals surface area contributed by atoms with Crippen LogP contribution in [0.1, 0.15) is 45.6 Å². The van der Waals surface area contributed by atoms with Crippen molar-refractivity contribution in [2.75, 3.05) is 5.32 Å². The van der Waals surface area contributed by atoms with E-state index in [9.17, 15) is 0 Å². The minimum atomic E-state index is 0.518. The van der Waals surface area contributed by atoms with Crippen molar-refractivity contribution in [3.63, 3.8) is 0 Å². The molecule has 1 aromatic carbocycles. The highest BCUT2D eigenvalue weighted by Gasteiger charge is 2.32. The van der Waals surface area contributed by atoms with Crippen LogP contribution in [0.25, 0.3) is 0 Å². The van der Waals surface area contributed by atoms with E-state index in [1.165, 1.54) is 30.5 Å². The summed E-state index contributed by atoms with van der Waals surface area (Å²) in [6.45, 7) is 9.34. The first-order valence-electron chi connectivity index (χ1n) is 6.90. The van der Waals surface area contributed by atoms with Gasteiger partial charge in [-0.25, -0.2) is 0 Å². The van der Waals surface area contributed by atoms with Crippen LogP contribution in [0, 0.1) is 18.3 Å². The third-order valence-electron chi connectivity index (χ3n) is 4.23. The summed E-state index contributed by atoms with van der Waals surface area (Å²) >= 11 is 3.55. The molecule has 1 N–H and O–H groups in total. The van der Waals surface area contributed by atoms with E-state index in [0.717, 1.165) is 10.4 Å². The molecule has 2 unspecified atom stereocenters. The topological polar surface area (TPSA) is 12.0 Å². The molecule has 1 aromatic rings. The maximum absolute atomic E-state index is 3.75. The average molecular weight is 310 g/mol. The molecular weight excluding hydrogens is 286 g/mol. The van der Waals surface area contributed by atoms with Gasteiger partial charge < -0.3 is 5.32 Å². The summed E-state index contributed by atoms with van der Waals surface area (Å²) < 4.78 is 1.15. The molecule has 2 heteroatoms. The summed E-state index contributed by atoms with van der Waals surface area (Å²) in [7, 11) is 0. The van der Waals surface area contributed by atoms with Crippen LogP contribution in [0.2, 0.25) is 0 Å². The molecule has 0 heterocycles. The summed E-state index contributed by atoms with van der Waals surface area (Å²) in [5, 5.41) is 3.75. The molecule has 1 saturated carbocycles. The van der Waals surface area contributed by atoms with Crippen molar-refractivity contribution in [1.82, 2.24) is 0 Å². The Morgan fingerprint density at radius 2 is 2.06 bits per heavy atom. The maximum Gasteiger partial charge on any atom is 0.0383 e. The molecule has 0 amide bonds. The van der Waals surface area contributed by atoms with E-state index in [1.54, 1.807) is 0 Å². The highest BCUT2D eigenvalue weighted by molar-refractivity contribution is 9.10. The number of halogens is 1. The van der Waals surface area contributed by atoms with Gasteiger partial charge in [0.25, 0.3) is 0 Å². The normalized spacial score (nSPS) is 26.9. The Hall–Kier alpha value is -0.500. The Labute approximate surface area is 119 Å². The third-order valence-corrected chi connectivity index (χ3v) is 4.73. The van der Waals surface area contributed by atoms with E-state index in [2.05, 4.69) is 67.1 Å². The van der Waals surface area contributed by atoms with Gasteiger partial charge in [-0.1, -0.05) is 42.8 Å². The fourth-order valence-electron chi connectivity index (χ4n) is 3.11. The summed E-state index contributed by atoms with van der Waals surface area (Å²) in [6, 6.07) is 7.09. The van der Waals surface area contributed by atoms with Crippen LogP contribution >= 0.6 is 15.9 Å². The molecule has 0 aliphatic heterocycles. The smallest absolute Gasteiger partial charge is 0.0383 e. The van der Waals surface area contributed by atoms with Gasteiger partial charge in [-0.05, 0) is 55.2 Å². The Kier molecular flexibility index (Phi) is 4.05. The van der Waals surface area contributed by atoms with E-state index in [4.69, 9.17) is 0 Å². The lowest BCUT2D eigenvalue weighted by atomic mass is 9.70. The molecule has 100 valence electrons. The first-order valence-corrected chi connectivity index (χ1v) is 7.69. The minimum absolute atomic E-state index is 0.518. The number of rotatable bonds is 2. The van der Waals surface area contributed by atoms with Crippen LogP contribution in [0.4, 0.5) is 5.69 Å². The number of benzene rings is 1. The molecule has 1 aliphatic carbocycles. The van der Waals surface area contributed by atoms with Crippen molar-refractivity contribution in [1.29, 1.82) is 0 Å². The second-order valence-corrected chi connectivity index (χ2v) is 7.51. The third kappa shape index (κ3) is 3.28. The number of hydrogen-bond donors (Lipinski definition) is 1. The van der Waals surface area contributed by atoms with Gasteiger partial charge in [0.1, 0.15) is 0 Å². The highest BCUT2D eigenvalue weighted by atomic mass is 79.9. The number of nitrogens with one attached hydrogen (secondary N) is 1. The molecular formula is C16H24BrN. The maximum atomic E-state index is 3.75. The summed E-state index contributed by atoms with van der Waals surface area (Å²) in [4.78, 5) is 0. The molecule has 0 bridgehead atoms. The summed E-state index contributed by atoms with van der Waals surface area (Å²) in [5.74, 6) is 0.743. The summed E-state index contributed by atoms with van der Waals surface area (Å²) in [5.41, 5.74) is 3.13. The van der Waals surface area contributed by atoms with Gasteiger partial charge in [0, 0.05) is 16.2 Å². The lowest BCUT2D eigenvalue weighted by Crippen LogP contribution is -2.37. The van der Waals surface area contributed by atoms with Gasteiger partial charge in [0.15, 0.2) is 0 Å². The van der Waals surface area contributed by atoms with E-state index in [1.807, 2.05) is 0 Å².